The largest absolute Gasteiger partial charge is 0.481 e. The smallest absolute Gasteiger partial charge is 0.308 e. The van der Waals surface area contributed by atoms with Crippen LogP contribution in [-0.4, -0.2) is 23.1 Å². The molecule has 94 valence electrons. The van der Waals surface area contributed by atoms with Crippen molar-refractivity contribution in [2.24, 2.45) is 5.92 Å². The molecule has 0 radical (unpaired) electrons. The van der Waals surface area contributed by atoms with Crippen LogP contribution in [-0.2, 0) is 14.3 Å². The van der Waals surface area contributed by atoms with Crippen LogP contribution in [0.1, 0.15) is 52.9 Å². The van der Waals surface area contributed by atoms with Gasteiger partial charge in [0.05, 0.1) is 12.0 Å². The van der Waals surface area contributed by atoms with E-state index in [1.165, 1.54) is 0 Å². The summed E-state index contributed by atoms with van der Waals surface area (Å²) in [7, 11) is 0. The van der Waals surface area contributed by atoms with Crippen molar-refractivity contribution in [1.82, 2.24) is 0 Å². The average molecular weight is 230 g/mol. The highest BCUT2D eigenvalue weighted by Gasteiger charge is 2.16. The number of rotatable bonds is 8. The molecule has 4 nitrogen and oxygen atoms in total. The molecular weight excluding hydrogens is 208 g/mol. The Hall–Kier alpha value is -1.06. The highest BCUT2D eigenvalue weighted by molar-refractivity contribution is 5.72. The third-order valence-corrected chi connectivity index (χ3v) is 2.57. The van der Waals surface area contributed by atoms with Gasteiger partial charge in [0.15, 0.2) is 0 Å². The number of carboxylic acid groups (broad SMARTS) is 1. The van der Waals surface area contributed by atoms with E-state index >= 15 is 0 Å². The van der Waals surface area contributed by atoms with E-state index in [2.05, 4.69) is 0 Å². The van der Waals surface area contributed by atoms with E-state index in [4.69, 9.17) is 9.84 Å². The van der Waals surface area contributed by atoms with Crippen molar-refractivity contribution in [2.45, 2.75) is 59.0 Å². The normalized spacial score (nSPS) is 14.2. The van der Waals surface area contributed by atoms with E-state index in [-0.39, 0.29) is 24.4 Å². The molecule has 0 aliphatic carbocycles. The minimum atomic E-state index is -0.783. The maximum Gasteiger partial charge on any atom is 0.308 e. The molecule has 0 aromatic carbocycles. The van der Waals surface area contributed by atoms with Gasteiger partial charge in [0.1, 0.15) is 0 Å². The van der Waals surface area contributed by atoms with Gasteiger partial charge < -0.3 is 9.84 Å². The number of esters is 1. The Kier molecular flexibility index (Phi) is 7.60. The topological polar surface area (TPSA) is 63.6 Å². The second-order valence-corrected chi connectivity index (χ2v) is 4.20. The van der Waals surface area contributed by atoms with Gasteiger partial charge in [-0.25, -0.2) is 0 Å². The number of hydrogen-bond donors (Lipinski definition) is 1. The van der Waals surface area contributed by atoms with Gasteiger partial charge in [-0.05, 0) is 26.2 Å². The molecule has 2 atom stereocenters. The average Bonchev–Trinajstić information content (AvgIpc) is 2.23. The van der Waals surface area contributed by atoms with E-state index in [1.807, 2.05) is 20.8 Å². The Morgan fingerprint density at radius 3 is 2.38 bits per heavy atom. The van der Waals surface area contributed by atoms with Crippen molar-refractivity contribution in [3.8, 4) is 0 Å². The first-order valence-electron chi connectivity index (χ1n) is 5.89. The summed E-state index contributed by atoms with van der Waals surface area (Å²) in [5, 5.41) is 8.45. The van der Waals surface area contributed by atoms with Crippen LogP contribution in [0.25, 0.3) is 0 Å². The summed E-state index contributed by atoms with van der Waals surface area (Å²) in [5.74, 6) is -1.10. The lowest BCUT2D eigenvalue weighted by molar-refractivity contribution is -0.153. The van der Waals surface area contributed by atoms with E-state index in [9.17, 15) is 9.59 Å². The first kappa shape index (κ1) is 14.9. The van der Waals surface area contributed by atoms with Crippen molar-refractivity contribution in [2.75, 3.05) is 0 Å². The van der Waals surface area contributed by atoms with E-state index in [1.54, 1.807) is 0 Å². The number of carbonyl (C=O) groups excluding carboxylic acids is 1. The van der Waals surface area contributed by atoms with Crippen molar-refractivity contribution in [3.05, 3.63) is 0 Å². The lowest BCUT2D eigenvalue weighted by atomic mass is 10.0. The molecule has 0 heterocycles. The van der Waals surface area contributed by atoms with Crippen LogP contribution in [0.2, 0.25) is 0 Å². The number of carboxylic acids is 1. The van der Waals surface area contributed by atoms with Gasteiger partial charge in [0.25, 0.3) is 0 Å². The standard InChI is InChI=1S/C12H22O4/c1-4-10(3)16-12(15)9(2)7-5-6-8-11(13)14/h9-10H,4-8H2,1-3H3,(H,13,14). The van der Waals surface area contributed by atoms with E-state index in [0.717, 1.165) is 12.8 Å². The summed E-state index contributed by atoms with van der Waals surface area (Å²) < 4.78 is 5.18. The summed E-state index contributed by atoms with van der Waals surface area (Å²) in [6, 6.07) is 0. The fourth-order valence-corrected chi connectivity index (χ4v) is 1.24. The summed E-state index contributed by atoms with van der Waals surface area (Å²) in [5.41, 5.74) is 0. The Labute approximate surface area is 97.0 Å². The quantitative estimate of drug-likeness (QED) is 0.514. The molecule has 0 bridgehead atoms. The molecule has 0 rings (SSSR count). The minimum Gasteiger partial charge on any atom is -0.481 e. The van der Waals surface area contributed by atoms with Crippen LogP contribution in [0.5, 0.6) is 0 Å². The Morgan fingerprint density at radius 2 is 1.88 bits per heavy atom. The molecule has 0 fully saturated rings. The monoisotopic (exact) mass is 230 g/mol. The zero-order chi connectivity index (χ0) is 12.6. The first-order valence-corrected chi connectivity index (χ1v) is 5.89. The number of aliphatic carboxylic acids is 1. The lowest BCUT2D eigenvalue weighted by Crippen LogP contribution is -2.20. The molecule has 16 heavy (non-hydrogen) atoms. The van der Waals surface area contributed by atoms with Crippen LogP contribution in [0, 0.1) is 5.92 Å². The van der Waals surface area contributed by atoms with Crippen molar-refractivity contribution >= 4 is 11.9 Å². The summed E-state index contributed by atoms with van der Waals surface area (Å²) in [6.45, 7) is 5.66. The maximum absolute atomic E-state index is 11.5. The van der Waals surface area contributed by atoms with Crippen molar-refractivity contribution < 1.29 is 19.4 Å². The van der Waals surface area contributed by atoms with Gasteiger partial charge in [-0.1, -0.05) is 20.3 Å². The SMILES string of the molecule is CCC(C)OC(=O)C(C)CCCCC(=O)O. The molecule has 0 spiro atoms. The zero-order valence-corrected chi connectivity index (χ0v) is 10.4. The van der Waals surface area contributed by atoms with Crippen LogP contribution in [0.4, 0.5) is 0 Å². The number of carbonyl (C=O) groups is 2. The fourth-order valence-electron chi connectivity index (χ4n) is 1.24. The van der Waals surface area contributed by atoms with Gasteiger partial charge in [-0.15, -0.1) is 0 Å². The van der Waals surface area contributed by atoms with Crippen LogP contribution >= 0.6 is 0 Å². The van der Waals surface area contributed by atoms with Crippen LogP contribution < -0.4 is 0 Å². The molecule has 4 heteroatoms. The summed E-state index contributed by atoms with van der Waals surface area (Å²) in [6.07, 6.45) is 3.03. The summed E-state index contributed by atoms with van der Waals surface area (Å²) >= 11 is 0. The molecule has 0 saturated heterocycles. The molecule has 0 aliphatic rings. The molecular formula is C12H22O4. The fraction of sp³-hybridized carbons (Fsp3) is 0.833. The third kappa shape index (κ3) is 7.26. The zero-order valence-electron chi connectivity index (χ0n) is 10.4. The number of unbranched alkanes of at least 4 members (excludes halogenated alkanes) is 1. The van der Waals surface area contributed by atoms with Crippen LogP contribution in [0.3, 0.4) is 0 Å². The maximum atomic E-state index is 11.5. The molecule has 2 unspecified atom stereocenters. The highest BCUT2D eigenvalue weighted by atomic mass is 16.5. The molecule has 0 aromatic rings. The van der Waals surface area contributed by atoms with Gasteiger partial charge in [-0.2, -0.15) is 0 Å². The molecule has 0 aromatic heterocycles. The Bertz CT molecular complexity index is 225. The van der Waals surface area contributed by atoms with Gasteiger partial charge in [-0.3, -0.25) is 9.59 Å². The van der Waals surface area contributed by atoms with Crippen LogP contribution in [0.15, 0.2) is 0 Å². The second-order valence-electron chi connectivity index (χ2n) is 4.20. The Balaban J connectivity index is 3.67. The highest BCUT2D eigenvalue weighted by Crippen LogP contribution is 2.12. The van der Waals surface area contributed by atoms with E-state index < -0.39 is 5.97 Å². The number of hydrogen-bond acceptors (Lipinski definition) is 3. The number of ether oxygens (including phenoxy) is 1. The van der Waals surface area contributed by atoms with Crippen molar-refractivity contribution in [1.29, 1.82) is 0 Å². The van der Waals surface area contributed by atoms with Crippen molar-refractivity contribution in [3.63, 3.8) is 0 Å². The van der Waals surface area contributed by atoms with Gasteiger partial charge >= 0.3 is 11.9 Å². The third-order valence-electron chi connectivity index (χ3n) is 2.57. The molecule has 0 saturated carbocycles. The Morgan fingerprint density at radius 1 is 1.25 bits per heavy atom. The van der Waals surface area contributed by atoms with E-state index in [0.29, 0.717) is 12.8 Å². The second kappa shape index (κ2) is 8.13. The predicted molar refractivity (Wildman–Crippen MR) is 61.1 cm³/mol. The lowest BCUT2D eigenvalue weighted by Gasteiger charge is -2.15. The minimum absolute atomic E-state index is 0.0334. The predicted octanol–water partition coefficient (Wildman–Crippen LogP) is 2.61. The first-order chi connectivity index (χ1) is 7.47. The van der Waals surface area contributed by atoms with Gasteiger partial charge in [0, 0.05) is 6.42 Å². The van der Waals surface area contributed by atoms with Gasteiger partial charge in [0.2, 0.25) is 0 Å². The molecule has 1 N–H and O–H groups in total. The molecule has 0 amide bonds. The summed E-state index contributed by atoms with van der Waals surface area (Å²) in [4.78, 5) is 21.8. The molecule has 0 aliphatic heterocycles.